The van der Waals surface area contributed by atoms with Gasteiger partial charge in [0, 0.05) is 11.1 Å². The summed E-state index contributed by atoms with van der Waals surface area (Å²) in [7, 11) is 1.52. The molecule has 0 aliphatic rings. The third-order valence-corrected chi connectivity index (χ3v) is 4.41. The van der Waals surface area contributed by atoms with Gasteiger partial charge < -0.3 is 14.5 Å². The second-order valence-electron chi connectivity index (χ2n) is 6.53. The van der Waals surface area contributed by atoms with Crippen molar-refractivity contribution in [2.24, 2.45) is 4.99 Å². The number of carbonyl (C=O) groups is 1. The SMILES string of the molecule is COc1cccc2cc(C(=O)Nc3cccc(C)n3)c(=Nc3ccccc3F)oc12. The highest BCUT2D eigenvalue weighted by Crippen LogP contribution is 2.25. The number of amides is 1. The number of nitrogens with zero attached hydrogens (tertiary/aromatic N) is 2. The van der Waals surface area contributed by atoms with Crippen LogP contribution in [0, 0.1) is 12.7 Å². The maximum absolute atomic E-state index is 14.2. The van der Waals surface area contributed by atoms with E-state index in [2.05, 4.69) is 15.3 Å². The summed E-state index contributed by atoms with van der Waals surface area (Å²) >= 11 is 0. The number of ether oxygens (including phenoxy) is 1. The van der Waals surface area contributed by atoms with Crippen LogP contribution in [0.4, 0.5) is 15.9 Å². The number of hydrogen-bond acceptors (Lipinski definition) is 5. The Morgan fingerprint density at radius 1 is 1.10 bits per heavy atom. The van der Waals surface area contributed by atoms with Gasteiger partial charge in [0.05, 0.1) is 7.11 Å². The number of nitrogens with one attached hydrogen (secondary N) is 1. The summed E-state index contributed by atoms with van der Waals surface area (Å²) in [5.74, 6) is -0.136. The van der Waals surface area contributed by atoms with Gasteiger partial charge in [0.15, 0.2) is 11.3 Å². The lowest BCUT2D eigenvalue weighted by molar-refractivity contribution is 0.102. The first-order valence-corrected chi connectivity index (χ1v) is 9.20. The maximum Gasteiger partial charge on any atom is 0.262 e. The number of methoxy groups -OCH3 is 1. The Bertz CT molecular complexity index is 1310. The maximum atomic E-state index is 14.2. The van der Waals surface area contributed by atoms with Crippen molar-refractivity contribution in [2.45, 2.75) is 6.92 Å². The van der Waals surface area contributed by atoms with Crippen LogP contribution in [0.25, 0.3) is 11.0 Å². The van der Waals surface area contributed by atoms with Crippen molar-refractivity contribution in [3.8, 4) is 5.75 Å². The van der Waals surface area contributed by atoms with E-state index < -0.39 is 11.7 Å². The lowest BCUT2D eigenvalue weighted by atomic mass is 10.1. The topological polar surface area (TPSA) is 76.7 Å². The quantitative estimate of drug-likeness (QED) is 0.533. The largest absolute Gasteiger partial charge is 0.493 e. The van der Waals surface area contributed by atoms with Crippen molar-refractivity contribution >= 4 is 28.4 Å². The first kappa shape index (κ1) is 19.3. The molecule has 0 spiro atoms. The van der Waals surface area contributed by atoms with Crippen LogP contribution in [0.2, 0.25) is 0 Å². The first-order chi connectivity index (χ1) is 14.5. The predicted molar refractivity (Wildman–Crippen MR) is 111 cm³/mol. The van der Waals surface area contributed by atoms with Crippen molar-refractivity contribution in [3.63, 3.8) is 0 Å². The number of para-hydroxylation sites is 2. The third-order valence-electron chi connectivity index (χ3n) is 4.41. The molecule has 1 N–H and O–H groups in total. The van der Waals surface area contributed by atoms with Gasteiger partial charge in [-0.25, -0.2) is 14.4 Å². The number of anilines is 1. The summed E-state index contributed by atoms with van der Waals surface area (Å²) in [5.41, 5.74) is 1.32. The fourth-order valence-corrected chi connectivity index (χ4v) is 2.98. The number of benzene rings is 2. The Labute approximate surface area is 171 Å². The van der Waals surface area contributed by atoms with Crippen molar-refractivity contribution < 1.29 is 18.3 Å². The van der Waals surface area contributed by atoms with Crippen molar-refractivity contribution in [1.29, 1.82) is 0 Å². The lowest BCUT2D eigenvalue weighted by Crippen LogP contribution is -2.22. The Morgan fingerprint density at radius 2 is 1.90 bits per heavy atom. The average Bonchev–Trinajstić information content (AvgIpc) is 2.74. The molecule has 0 aliphatic carbocycles. The van der Waals surface area contributed by atoms with Crippen LogP contribution < -0.4 is 15.6 Å². The van der Waals surface area contributed by atoms with E-state index in [1.165, 1.54) is 19.2 Å². The molecular formula is C23H18FN3O3. The second-order valence-corrected chi connectivity index (χ2v) is 6.53. The predicted octanol–water partition coefficient (Wildman–Crippen LogP) is 4.77. The molecule has 4 aromatic rings. The molecule has 2 aromatic heterocycles. The lowest BCUT2D eigenvalue weighted by Gasteiger charge is -2.09. The second kappa shape index (κ2) is 8.16. The normalized spacial score (nSPS) is 11.5. The minimum atomic E-state index is -0.528. The molecule has 0 saturated heterocycles. The monoisotopic (exact) mass is 403 g/mol. The molecule has 0 atom stereocenters. The van der Waals surface area contributed by atoms with E-state index in [9.17, 15) is 9.18 Å². The number of aromatic nitrogens is 1. The highest BCUT2D eigenvalue weighted by Gasteiger charge is 2.16. The molecule has 0 unspecified atom stereocenters. The molecule has 2 aromatic carbocycles. The van der Waals surface area contributed by atoms with Crippen LogP contribution in [-0.4, -0.2) is 18.0 Å². The summed E-state index contributed by atoms with van der Waals surface area (Å²) < 4.78 is 25.5. The summed E-state index contributed by atoms with van der Waals surface area (Å²) in [6, 6.07) is 18.2. The standard InChI is InChI=1S/C23H18FN3O3/c1-14-7-5-12-20(25-14)27-22(28)16-13-15-8-6-11-19(29-2)21(15)30-23(16)26-18-10-4-3-9-17(18)24/h3-13H,1-2H3,(H,25,27,28). The van der Waals surface area contributed by atoms with E-state index in [1.807, 2.05) is 13.0 Å². The van der Waals surface area contributed by atoms with Gasteiger partial charge in [0.25, 0.3) is 5.91 Å². The minimum Gasteiger partial charge on any atom is -0.493 e. The summed E-state index contributed by atoms with van der Waals surface area (Å²) in [4.78, 5) is 21.6. The van der Waals surface area contributed by atoms with Crippen LogP contribution in [0.5, 0.6) is 5.75 Å². The molecule has 1 amide bonds. The number of hydrogen-bond donors (Lipinski definition) is 1. The van der Waals surface area contributed by atoms with E-state index in [-0.39, 0.29) is 16.8 Å². The molecule has 0 bridgehead atoms. The van der Waals surface area contributed by atoms with Crippen LogP contribution in [-0.2, 0) is 0 Å². The Balaban J connectivity index is 1.90. The summed E-state index contributed by atoms with van der Waals surface area (Å²) in [6.07, 6.45) is 0. The van der Waals surface area contributed by atoms with Gasteiger partial charge >= 0.3 is 0 Å². The number of carbonyl (C=O) groups excluding carboxylic acids is 1. The number of aryl methyl sites for hydroxylation is 1. The number of rotatable bonds is 4. The fraction of sp³-hybridized carbons (Fsp3) is 0.0870. The zero-order valence-corrected chi connectivity index (χ0v) is 16.3. The molecule has 0 fully saturated rings. The number of fused-ring (bicyclic) bond motifs is 1. The molecule has 0 aliphatic heterocycles. The summed E-state index contributed by atoms with van der Waals surface area (Å²) in [6.45, 7) is 1.83. The fourth-order valence-electron chi connectivity index (χ4n) is 2.98. The van der Waals surface area contributed by atoms with E-state index in [4.69, 9.17) is 9.15 Å². The van der Waals surface area contributed by atoms with Gasteiger partial charge in [-0.3, -0.25) is 4.79 Å². The van der Waals surface area contributed by atoms with Crippen LogP contribution in [0.1, 0.15) is 16.1 Å². The van der Waals surface area contributed by atoms with Gasteiger partial charge in [-0.1, -0.05) is 30.3 Å². The van der Waals surface area contributed by atoms with Crippen LogP contribution in [0.15, 0.2) is 76.1 Å². The molecule has 30 heavy (non-hydrogen) atoms. The van der Waals surface area contributed by atoms with Crippen molar-refractivity contribution in [3.05, 3.63) is 89.4 Å². The first-order valence-electron chi connectivity index (χ1n) is 9.20. The van der Waals surface area contributed by atoms with Gasteiger partial charge in [0.1, 0.15) is 22.9 Å². The zero-order chi connectivity index (χ0) is 21.1. The molecule has 7 heteroatoms. The Hall–Kier alpha value is -4.00. The molecule has 150 valence electrons. The van der Waals surface area contributed by atoms with Crippen molar-refractivity contribution in [1.82, 2.24) is 4.98 Å². The van der Waals surface area contributed by atoms with E-state index in [1.54, 1.807) is 48.5 Å². The number of pyridine rings is 1. The Kier molecular flexibility index (Phi) is 5.26. The van der Waals surface area contributed by atoms with Crippen LogP contribution in [0.3, 0.4) is 0 Å². The molecule has 0 radical (unpaired) electrons. The smallest absolute Gasteiger partial charge is 0.262 e. The van der Waals surface area contributed by atoms with Crippen LogP contribution >= 0.6 is 0 Å². The highest BCUT2D eigenvalue weighted by molar-refractivity contribution is 6.05. The van der Waals surface area contributed by atoms with Gasteiger partial charge in [-0.15, -0.1) is 0 Å². The molecule has 4 rings (SSSR count). The molecule has 6 nitrogen and oxygen atoms in total. The van der Waals surface area contributed by atoms with Gasteiger partial charge in [0.2, 0.25) is 5.55 Å². The molecule has 2 heterocycles. The third kappa shape index (κ3) is 3.91. The zero-order valence-electron chi connectivity index (χ0n) is 16.3. The van der Waals surface area contributed by atoms with E-state index >= 15 is 0 Å². The average molecular weight is 403 g/mol. The van der Waals surface area contributed by atoms with Crippen molar-refractivity contribution in [2.75, 3.05) is 12.4 Å². The van der Waals surface area contributed by atoms with E-state index in [0.29, 0.717) is 22.5 Å². The Morgan fingerprint density at radius 3 is 2.67 bits per heavy atom. The van der Waals surface area contributed by atoms with E-state index in [0.717, 1.165) is 5.69 Å². The van der Waals surface area contributed by atoms with Gasteiger partial charge in [-0.2, -0.15) is 0 Å². The summed E-state index contributed by atoms with van der Waals surface area (Å²) in [5, 5.41) is 3.38. The molecule has 0 saturated carbocycles. The minimum absolute atomic E-state index is 0.0396. The highest BCUT2D eigenvalue weighted by atomic mass is 19.1. The number of halogens is 1. The van der Waals surface area contributed by atoms with Gasteiger partial charge in [-0.05, 0) is 43.3 Å². The molecular weight excluding hydrogens is 385 g/mol.